The minimum atomic E-state index is 0.483. The fraction of sp³-hybridized carbons (Fsp3) is 0.125. The van der Waals surface area contributed by atoms with Crippen molar-refractivity contribution in [2.75, 3.05) is 11.9 Å². The average molecular weight is 387 g/mol. The summed E-state index contributed by atoms with van der Waals surface area (Å²) in [5, 5.41) is 4.50. The van der Waals surface area contributed by atoms with Crippen molar-refractivity contribution in [3.8, 4) is 5.75 Å². The van der Waals surface area contributed by atoms with Crippen LogP contribution in [0.4, 0.5) is 5.69 Å². The quantitative estimate of drug-likeness (QED) is 0.621. The van der Waals surface area contributed by atoms with Crippen molar-refractivity contribution < 1.29 is 4.74 Å². The van der Waals surface area contributed by atoms with Gasteiger partial charge in [0.2, 0.25) is 0 Å². The zero-order valence-corrected chi connectivity index (χ0v) is 14.3. The van der Waals surface area contributed by atoms with Crippen molar-refractivity contribution in [3.63, 3.8) is 0 Å². The zero-order valence-electron chi connectivity index (χ0n) is 11.2. The van der Waals surface area contributed by atoms with Gasteiger partial charge in [-0.15, -0.1) is 0 Å². The van der Waals surface area contributed by atoms with Crippen LogP contribution in [0.15, 0.2) is 53.5 Å². The fourth-order valence-electron chi connectivity index (χ4n) is 1.75. The molecule has 0 amide bonds. The second-order valence-electron chi connectivity index (χ2n) is 4.34. The smallest absolute Gasteiger partial charge is 0.133 e. The molecule has 0 unspecified atom stereocenters. The third-order valence-corrected chi connectivity index (χ3v) is 3.93. The molecule has 0 bridgehead atoms. The van der Waals surface area contributed by atoms with Crippen LogP contribution in [0.5, 0.6) is 5.75 Å². The highest BCUT2D eigenvalue weighted by atomic mass is 79.9. The minimum Gasteiger partial charge on any atom is -0.488 e. The van der Waals surface area contributed by atoms with Crippen molar-refractivity contribution in [2.45, 2.75) is 6.54 Å². The summed E-state index contributed by atoms with van der Waals surface area (Å²) in [4.78, 5) is 0. The number of anilines is 1. The van der Waals surface area contributed by atoms with E-state index in [1.807, 2.05) is 24.3 Å². The van der Waals surface area contributed by atoms with E-state index in [0.717, 1.165) is 21.5 Å². The molecule has 0 atom stereocenters. The Balaban J connectivity index is 2.03. The third kappa shape index (κ3) is 4.67. The Morgan fingerprint density at radius 3 is 2.67 bits per heavy atom. The number of hydrogen-bond donors (Lipinski definition) is 1. The molecule has 5 heteroatoms. The third-order valence-electron chi connectivity index (χ3n) is 2.77. The molecular formula is C16H14BrCl2NO. The van der Waals surface area contributed by atoms with Crippen LogP contribution >= 0.6 is 39.1 Å². The highest BCUT2D eigenvalue weighted by Crippen LogP contribution is 2.28. The number of hydrogen-bond acceptors (Lipinski definition) is 2. The molecule has 0 saturated carbocycles. The lowest BCUT2D eigenvalue weighted by Crippen LogP contribution is -2.01. The van der Waals surface area contributed by atoms with Gasteiger partial charge in [-0.05, 0) is 51.8 Å². The van der Waals surface area contributed by atoms with Crippen molar-refractivity contribution >= 4 is 44.8 Å². The number of halogens is 3. The number of benzene rings is 2. The monoisotopic (exact) mass is 385 g/mol. The molecule has 21 heavy (non-hydrogen) atoms. The number of nitrogens with one attached hydrogen (secondary N) is 1. The lowest BCUT2D eigenvalue weighted by Gasteiger charge is -2.11. The van der Waals surface area contributed by atoms with E-state index in [1.165, 1.54) is 0 Å². The van der Waals surface area contributed by atoms with Crippen molar-refractivity contribution in [1.29, 1.82) is 0 Å². The molecule has 0 aromatic heterocycles. The van der Waals surface area contributed by atoms with Gasteiger partial charge in [-0.3, -0.25) is 0 Å². The molecular weight excluding hydrogens is 373 g/mol. The van der Waals surface area contributed by atoms with Crippen LogP contribution in [-0.4, -0.2) is 6.61 Å². The first-order chi connectivity index (χ1) is 10.1. The summed E-state index contributed by atoms with van der Waals surface area (Å²) in [6.45, 7) is 4.77. The van der Waals surface area contributed by atoms with E-state index in [1.54, 1.807) is 18.2 Å². The van der Waals surface area contributed by atoms with Crippen LogP contribution < -0.4 is 10.1 Å². The Kier molecular flexibility index (Phi) is 5.97. The molecule has 0 heterocycles. The molecule has 0 aliphatic rings. The first-order valence-corrected chi connectivity index (χ1v) is 7.86. The first-order valence-electron chi connectivity index (χ1n) is 6.31. The van der Waals surface area contributed by atoms with Gasteiger partial charge in [0.1, 0.15) is 12.4 Å². The Morgan fingerprint density at radius 2 is 2.00 bits per heavy atom. The molecule has 0 aliphatic heterocycles. The Labute approximate surface area is 142 Å². The normalized spacial score (nSPS) is 10.2. The molecule has 0 radical (unpaired) electrons. The molecule has 0 spiro atoms. The van der Waals surface area contributed by atoms with E-state index in [2.05, 4.69) is 27.8 Å². The molecule has 2 nitrogen and oxygen atoms in total. The highest BCUT2D eigenvalue weighted by Gasteiger charge is 2.04. The lowest BCUT2D eigenvalue weighted by molar-refractivity contribution is 0.361. The van der Waals surface area contributed by atoms with Crippen molar-refractivity contribution in [1.82, 2.24) is 0 Å². The minimum absolute atomic E-state index is 0.483. The molecule has 2 aromatic rings. The molecule has 0 saturated heterocycles. The second-order valence-corrected chi connectivity index (χ2v) is 6.04. The molecule has 110 valence electrons. The Bertz CT molecular complexity index is 646. The van der Waals surface area contributed by atoms with Crippen molar-refractivity contribution in [3.05, 3.63) is 69.1 Å². The summed E-state index contributed by atoms with van der Waals surface area (Å²) in [5.41, 5.74) is 1.96. The van der Waals surface area contributed by atoms with Gasteiger partial charge in [0.25, 0.3) is 0 Å². The van der Waals surface area contributed by atoms with Crippen LogP contribution in [0.25, 0.3) is 0 Å². The van der Waals surface area contributed by atoms with E-state index < -0.39 is 0 Å². The maximum absolute atomic E-state index is 6.12. The predicted octanol–water partition coefficient (Wildman–Crippen LogP) is 5.93. The van der Waals surface area contributed by atoms with Crippen LogP contribution in [0.2, 0.25) is 10.0 Å². The van der Waals surface area contributed by atoms with Gasteiger partial charge in [-0.1, -0.05) is 41.9 Å². The standard InChI is InChI=1S/C16H14BrCl2NO/c1-2-7-21-16-6-3-11(8-13(16)17)10-20-15-5-4-12(18)9-14(15)19/h2-6,8-9,20H,1,7,10H2. The topological polar surface area (TPSA) is 21.3 Å². The van der Waals surface area contributed by atoms with E-state index in [-0.39, 0.29) is 0 Å². The van der Waals surface area contributed by atoms with Gasteiger partial charge >= 0.3 is 0 Å². The SMILES string of the molecule is C=CCOc1ccc(CNc2ccc(Cl)cc2Cl)cc1Br. The van der Waals surface area contributed by atoms with Crippen molar-refractivity contribution in [2.24, 2.45) is 0 Å². The zero-order chi connectivity index (χ0) is 15.2. The molecule has 0 aliphatic carbocycles. The lowest BCUT2D eigenvalue weighted by atomic mass is 10.2. The van der Waals surface area contributed by atoms with Crippen LogP contribution in [0.3, 0.4) is 0 Å². The van der Waals surface area contributed by atoms with Gasteiger partial charge in [-0.2, -0.15) is 0 Å². The highest BCUT2D eigenvalue weighted by molar-refractivity contribution is 9.10. The summed E-state index contributed by atoms with van der Waals surface area (Å²) in [7, 11) is 0. The molecule has 1 N–H and O–H groups in total. The summed E-state index contributed by atoms with van der Waals surface area (Å²) in [5.74, 6) is 0.795. The van der Waals surface area contributed by atoms with Gasteiger partial charge in [0.15, 0.2) is 0 Å². The summed E-state index contributed by atoms with van der Waals surface area (Å²) < 4.78 is 6.42. The maximum Gasteiger partial charge on any atom is 0.133 e. The summed E-state index contributed by atoms with van der Waals surface area (Å²) >= 11 is 15.5. The van der Waals surface area contributed by atoms with E-state index in [4.69, 9.17) is 27.9 Å². The van der Waals surface area contributed by atoms with Crippen LogP contribution in [-0.2, 0) is 6.54 Å². The average Bonchev–Trinajstić information content (AvgIpc) is 2.45. The first kappa shape index (κ1) is 16.2. The second kappa shape index (κ2) is 7.74. The fourth-order valence-corrected chi connectivity index (χ4v) is 2.77. The molecule has 2 rings (SSSR count). The summed E-state index contributed by atoms with van der Waals surface area (Å²) in [6.07, 6.45) is 1.71. The van der Waals surface area contributed by atoms with Gasteiger partial charge < -0.3 is 10.1 Å². The van der Waals surface area contributed by atoms with Gasteiger partial charge in [-0.25, -0.2) is 0 Å². The largest absolute Gasteiger partial charge is 0.488 e. The van der Waals surface area contributed by atoms with Gasteiger partial charge in [0.05, 0.1) is 15.2 Å². The van der Waals surface area contributed by atoms with Crippen LogP contribution in [0.1, 0.15) is 5.56 Å². The van der Waals surface area contributed by atoms with Crippen LogP contribution in [0, 0.1) is 0 Å². The number of ether oxygens (including phenoxy) is 1. The predicted molar refractivity (Wildman–Crippen MR) is 93.6 cm³/mol. The molecule has 2 aromatic carbocycles. The molecule has 0 fully saturated rings. The van der Waals surface area contributed by atoms with E-state index in [0.29, 0.717) is 23.2 Å². The number of rotatable bonds is 6. The Morgan fingerprint density at radius 1 is 1.19 bits per heavy atom. The van der Waals surface area contributed by atoms with E-state index in [9.17, 15) is 0 Å². The Hall–Kier alpha value is -1.16. The summed E-state index contributed by atoms with van der Waals surface area (Å²) in [6, 6.07) is 11.3. The maximum atomic E-state index is 6.12. The van der Waals surface area contributed by atoms with Gasteiger partial charge in [0, 0.05) is 11.6 Å². The van der Waals surface area contributed by atoms with E-state index >= 15 is 0 Å².